The van der Waals surface area contributed by atoms with Crippen LogP contribution >= 0.6 is 0 Å². The topological polar surface area (TPSA) is 35.8 Å². The van der Waals surface area contributed by atoms with Crippen molar-refractivity contribution in [2.24, 2.45) is 4.99 Å². The van der Waals surface area contributed by atoms with Crippen molar-refractivity contribution in [3.05, 3.63) is 0 Å². The predicted molar refractivity (Wildman–Crippen MR) is 73.5 cm³/mol. The van der Waals surface area contributed by atoms with Crippen LogP contribution in [0.25, 0.3) is 0 Å². The van der Waals surface area contributed by atoms with E-state index in [1.165, 1.54) is 44.4 Å². The van der Waals surface area contributed by atoms with Gasteiger partial charge in [-0.05, 0) is 13.3 Å². The molecule has 0 aromatic carbocycles. The quantitative estimate of drug-likeness (QED) is 0.629. The molecule has 0 bridgehead atoms. The summed E-state index contributed by atoms with van der Waals surface area (Å²) in [7, 11) is 0. The van der Waals surface area contributed by atoms with Gasteiger partial charge in [0.1, 0.15) is 0 Å². The first kappa shape index (κ1) is 14.5. The van der Waals surface area contributed by atoms with Crippen LogP contribution in [0.5, 0.6) is 0 Å². The van der Waals surface area contributed by atoms with Crippen LogP contribution in [0.3, 0.4) is 0 Å². The van der Waals surface area contributed by atoms with Crippen molar-refractivity contribution in [2.45, 2.75) is 64.8 Å². The number of amidine groups is 1. The summed E-state index contributed by atoms with van der Waals surface area (Å²) in [5.41, 5.74) is 0. The molecule has 1 aliphatic rings. The molecule has 0 amide bonds. The average Bonchev–Trinajstić information content (AvgIpc) is 2.65. The van der Waals surface area contributed by atoms with Crippen LogP contribution < -0.4 is 0 Å². The highest BCUT2D eigenvalue weighted by atomic mass is 16.3. The molecule has 17 heavy (non-hydrogen) atoms. The molecule has 1 unspecified atom stereocenters. The molecule has 0 spiro atoms. The lowest BCUT2D eigenvalue weighted by molar-refractivity contribution is 0.251. The van der Waals surface area contributed by atoms with Gasteiger partial charge in [0.05, 0.1) is 18.5 Å². The van der Waals surface area contributed by atoms with Crippen LogP contribution in [-0.2, 0) is 0 Å². The average molecular weight is 240 g/mol. The number of unbranched alkanes of at least 4 members (excludes halogenated alkanes) is 5. The van der Waals surface area contributed by atoms with Crippen LogP contribution in [-0.4, -0.2) is 41.6 Å². The van der Waals surface area contributed by atoms with E-state index in [2.05, 4.69) is 23.7 Å². The summed E-state index contributed by atoms with van der Waals surface area (Å²) in [5.74, 6) is 1.22. The minimum atomic E-state index is 0.238. The van der Waals surface area contributed by atoms with E-state index in [1.54, 1.807) is 0 Å². The van der Waals surface area contributed by atoms with Crippen LogP contribution in [0.15, 0.2) is 4.99 Å². The van der Waals surface area contributed by atoms with Gasteiger partial charge < -0.3 is 10.0 Å². The minimum Gasteiger partial charge on any atom is -0.395 e. The fraction of sp³-hybridized carbons (Fsp3) is 0.929. The maximum Gasteiger partial charge on any atom is 0.0994 e. The van der Waals surface area contributed by atoms with Gasteiger partial charge in [-0.15, -0.1) is 0 Å². The minimum absolute atomic E-state index is 0.238. The number of aliphatic imine (C=N–C) groups is 1. The third-order valence-electron chi connectivity index (χ3n) is 3.34. The van der Waals surface area contributed by atoms with Gasteiger partial charge in [0.2, 0.25) is 0 Å². The van der Waals surface area contributed by atoms with E-state index in [4.69, 9.17) is 5.11 Å². The first-order chi connectivity index (χ1) is 8.27. The molecule has 100 valence electrons. The van der Waals surface area contributed by atoms with E-state index < -0.39 is 0 Å². The Hall–Kier alpha value is -0.570. The zero-order valence-corrected chi connectivity index (χ0v) is 11.5. The van der Waals surface area contributed by atoms with E-state index in [0.717, 1.165) is 19.5 Å². The van der Waals surface area contributed by atoms with Gasteiger partial charge in [-0.25, -0.2) is 0 Å². The maximum atomic E-state index is 9.00. The number of hydrogen-bond acceptors (Lipinski definition) is 3. The highest BCUT2D eigenvalue weighted by Gasteiger charge is 2.20. The summed E-state index contributed by atoms with van der Waals surface area (Å²) in [4.78, 5) is 6.90. The molecule has 1 rings (SSSR count). The van der Waals surface area contributed by atoms with E-state index in [9.17, 15) is 0 Å². The SMILES string of the molecule is CCCCCCCCC1=NC(C)CN1CCO. The van der Waals surface area contributed by atoms with Gasteiger partial charge >= 0.3 is 0 Å². The third kappa shape index (κ3) is 5.53. The van der Waals surface area contributed by atoms with Crippen molar-refractivity contribution in [1.82, 2.24) is 4.90 Å². The van der Waals surface area contributed by atoms with Gasteiger partial charge in [0.25, 0.3) is 0 Å². The Kier molecular flexibility index (Phi) is 7.25. The largest absolute Gasteiger partial charge is 0.395 e. The first-order valence-electron chi connectivity index (χ1n) is 7.20. The molecule has 1 atom stereocenters. The highest BCUT2D eigenvalue weighted by Crippen LogP contribution is 2.14. The molecule has 0 saturated carbocycles. The highest BCUT2D eigenvalue weighted by molar-refractivity contribution is 5.84. The first-order valence-corrected chi connectivity index (χ1v) is 7.20. The normalized spacial score (nSPS) is 19.8. The smallest absolute Gasteiger partial charge is 0.0994 e. The molecular formula is C14H28N2O. The van der Waals surface area contributed by atoms with Crippen molar-refractivity contribution >= 4 is 5.84 Å². The monoisotopic (exact) mass is 240 g/mol. The Labute approximate surface area is 106 Å². The second-order valence-electron chi connectivity index (χ2n) is 5.08. The van der Waals surface area contributed by atoms with E-state index in [-0.39, 0.29) is 6.61 Å². The van der Waals surface area contributed by atoms with Crippen LogP contribution in [0.1, 0.15) is 58.8 Å². The van der Waals surface area contributed by atoms with E-state index >= 15 is 0 Å². The molecule has 0 aromatic heterocycles. The van der Waals surface area contributed by atoms with Gasteiger partial charge in [-0.3, -0.25) is 4.99 Å². The molecule has 1 N–H and O–H groups in total. The van der Waals surface area contributed by atoms with Gasteiger partial charge in [-0.2, -0.15) is 0 Å². The summed E-state index contributed by atoms with van der Waals surface area (Å²) in [6.45, 7) is 6.38. The van der Waals surface area contributed by atoms with Gasteiger partial charge in [-0.1, -0.05) is 39.0 Å². The van der Waals surface area contributed by atoms with Crippen molar-refractivity contribution < 1.29 is 5.11 Å². The number of aliphatic hydroxyl groups is 1. The summed E-state index contributed by atoms with van der Waals surface area (Å²) in [5, 5.41) is 9.00. The fourth-order valence-electron chi connectivity index (χ4n) is 2.43. The Morgan fingerprint density at radius 2 is 1.94 bits per heavy atom. The van der Waals surface area contributed by atoms with Crippen molar-refractivity contribution in [3.63, 3.8) is 0 Å². The van der Waals surface area contributed by atoms with E-state index in [0.29, 0.717) is 6.04 Å². The maximum absolute atomic E-state index is 9.00. The molecule has 3 heteroatoms. The molecule has 0 fully saturated rings. The summed E-state index contributed by atoms with van der Waals surface area (Å²) in [6.07, 6.45) is 9.08. The number of rotatable bonds is 9. The number of nitrogens with zero attached hydrogens (tertiary/aromatic N) is 2. The van der Waals surface area contributed by atoms with Crippen LogP contribution in [0.4, 0.5) is 0 Å². The summed E-state index contributed by atoms with van der Waals surface area (Å²) < 4.78 is 0. The number of hydrogen-bond donors (Lipinski definition) is 1. The summed E-state index contributed by atoms with van der Waals surface area (Å²) >= 11 is 0. The Morgan fingerprint density at radius 3 is 2.65 bits per heavy atom. The molecule has 1 aliphatic heterocycles. The molecule has 0 aliphatic carbocycles. The van der Waals surface area contributed by atoms with Crippen LogP contribution in [0.2, 0.25) is 0 Å². The lowest BCUT2D eigenvalue weighted by Crippen LogP contribution is -2.31. The van der Waals surface area contributed by atoms with Crippen molar-refractivity contribution in [2.75, 3.05) is 19.7 Å². The Morgan fingerprint density at radius 1 is 1.24 bits per heavy atom. The predicted octanol–water partition coefficient (Wildman–Crippen LogP) is 2.83. The zero-order chi connectivity index (χ0) is 12.5. The second kappa shape index (κ2) is 8.51. The molecule has 0 saturated heterocycles. The lowest BCUT2D eigenvalue weighted by atomic mass is 10.1. The van der Waals surface area contributed by atoms with E-state index in [1.807, 2.05) is 0 Å². The lowest BCUT2D eigenvalue weighted by Gasteiger charge is -2.19. The fourth-order valence-corrected chi connectivity index (χ4v) is 2.43. The molecular weight excluding hydrogens is 212 g/mol. The van der Waals surface area contributed by atoms with Crippen molar-refractivity contribution in [3.8, 4) is 0 Å². The Balaban J connectivity index is 2.14. The van der Waals surface area contributed by atoms with Crippen LogP contribution in [0, 0.1) is 0 Å². The number of aliphatic hydroxyl groups excluding tert-OH is 1. The molecule has 3 nitrogen and oxygen atoms in total. The standard InChI is InChI=1S/C14H28N2O/c1-3-4-5-6-7-8-9-14-15-13(2)12-16(14)10-11-17/h13,17H,3-12H2,1-2H3. The molecule has 1 heterocycles. The van der Waals surface area contributed by atoms with Gasteiger partial charge in [0.15, 0.2) is 0 Å². The molecule has 0 aromatic rings. The zero-order valence-electron chi connectivity index (χ0n) is 11.5. The Bertz CT molecular complexity index is 228. The summed E-state index contributed by atoms with van der Waals surface area (Å²) in [6, 6.07) is 0.414. The van der Waals surface area contributed by atoms with Crippen molar-refractivity contribution in [1.29, 1.82) is 0 Å². The second-order valence-corrected chi connectivity index (χ2v) is 5.08. The number of β-amino-alcohol motifs (C(OH)–C–C–N with tert-alkyl or cyclic N) is 1. The third-order valence-corrected chi connectivity index (χ3v) is 3.34. The van der Waals surface area contributed by atoms with Gasteiger partial charge in [0, 0.05) is 19.5 Å². The molecule has 0 radical (unpaired) electrons.